The first-order valence-electron chi connectivity index (χ1n) is 4.16. The highest BCUT2D eigenvalue weighted by Crippen LogP contribution is 2.13. The Morgan fingerprint density at radius 1 is 1.54 bits per heavy atom. The number of amides is 1. The molecule has 0 aliphatic rings. The van der Waals surface area contributed by atoms with Crippen LogP contribution in [-0.2, 0) is 0 Å². The average molecular weight is 190 g/mol. The highest BCUT2D eigenvalue weighted by Gasteiger charge is 2.27. The zero-order valence-electron chi connectivity index (χ0n) is 8.32. The minimum atomic E-state index is -1.02. The zero-order chi connectivity index (χ0) is 10.6. The van der Waals surface area contributed by atoms with Crippen LogP contribution in [0.2, 0.25) is 0 Å². The van der Waals surface area contributed by atoms with Crippen LogP contribution >= 0.6 is 0 Å². The standard InChI is InChI=1S/C8H18N2O3/c1-8(2,3)10(7(12)13)4-6(9)5-11/h6,11H,4-5,9H2,1-3H3,(H,12,13)/t6-/m1/s1. The summed E-state index contributed by atoms with van der Waals surface area (Å²) in [6.45, 7) is 5.29. The predicted molar refractivity (Wildman–Crippen MR) is 49.5 cm³/mol. The third kappa shape index (κ3) is 4.10. The van der Waals surface area contributed by atoms with Gasteiger partial charge >= 0.3 is 6.09 Å². The molecule has 78 valence electrons. The Morgan fingerprint density at radius 3 is 2.23 bits per heavy atom. The lowest BCUT2D eigenvalue weighted by Gasteiger charge is -2.34. The molecule has 4 N–H and O–H groups in total. The van der Waals surface area contributed by atoms with Gasteiger partial charge in [-0.25, -0.2) is 4.79 Å². The number of rotatable bonds is 3. The predicted octanol–water partition coefficient (Wildman–Crippen LogP) is 0.0845. The molecular weight excluding hydrogens is 172 g/mol. The molecule has 0 aromatic carbocycles. The molecule has 0 aliphatic carbocycles. The third-order valence-electron chi connectivity index (χ3n) is 1.69. The largest absolute Gasteiger partial charge is 0.465 e. The van der Waals surface area contributed by atoms with Crippen molar-refractivity contribution in [1.82, 2.24) is 4.90 Å². The molecule has 1 amide bonds. The summed E-state index contributed by atoms with van der Waals surface area (Å²) in [5.74, 6) is 0. The molecule has 0 aromatic rings. The molecule has 5 heteroatoms. The number of carbonyl (C=O) groups is 1. The quantitative estimate of drug-likeness (QED) is 0.588. The van der Waals surface area contributed by atoms with Crippen LogP contribution in [0.5, 0.6) is 0 Å². The van der Waals surface area contributed by atoms with Crippen molar-refractivity contribution in [3.63, 3.8) is 0 Å². The number of carboxylic acid groups (broad SMARTS) is 1. The molecule has 0 aliphatic heterocycles. The van der Waals surface area contributed by atoms with Crippen molar-refractivity contribution in [1.29, 1.82) is 0 Å². The first-order chi connectivity index (χ1) is 5.79. The summed E-state index contributed by atoms with van der Waals surface area (Å²) in [5.41, 5.74) is 4.97. The van der Waals surface area contributed by atoms with E-state index in [2.05, 4.69) is 0 Å². The van der Waals surface area contributed by atoms with Gasteiger partial charge in [0.15, 0.2) is 0 Å². The minimum Gasteiger partial charge on any atom is -0.465 e. The highest BCUT2D eigenvalue weighted by molar-refractivity contribution is 5.66. The van der Waals surface area contributed by atoms with E-state index in [1.807, 2.05) is 0 Å². The monoisotopic (exact) mass is 190 g/mol. The number of aliphatic hydroxyl groups excluding tert-OH is 1. The number of hydrogen-bond donors (Lipinski definition) is 3. The number of nitrogens with zero attached hydrogens (tertiary/aromatic N) is 1. The van der Waals surface area contributed by atoms with Gasteiger partial charge in [-0.15, -0.1) is 0 Å². The molecular formula is C8H18N2O3. The van der Waals surface area contributed by atoms with Gasteiger partial charge in [0, 0.05) is 18.1 Å². The first-order valence-corrected chi connectivity index (χ1v) is 4.16. The molecule has 0 rings (SSSR count). The Balaban J connectivity index is 4.37. The Labute approximate surface area is 78.1 Å². The zero-order valence-corrected chi connectivity index (χ0v) is 8.32. The Hall–Kier alpha value is -0.810. The summed E-state index contributed by atoms with van der Waals surface area (Å²) in [6.07, 6.45) is -1.02. The highest BCUT2D eigenvalue weighted by atomic mass is 16.4. The summed E-state index contributed by atoms with van der Waals surface area (Å²) in [4.78, 5) is 12.0. The lowest BCUT2D eigenvalue weighted by molar-refractivity contribution is 0.0899. The van der Waals surface area contributed by atoms with Crippen LogP contribution in [0.25, 0.3) is 0 Å². The molecule has 0 radical (unpaired) electrons. The van der Waals surface area contributed by atoms with Gasteiger partial charge in [0.2, 0.25) is 0 Å². The third-order valence-corrected chi connectivity index (χ3v) is 1.69. The van der Waals surface area contributed by atoms with Crippen LogP contribution in [0, 0.1) is 0 Å². The van der Waals surface area contributed by atoms with E-state index in [1.54, 1.807) is 20.8 Å². The van der Waals surface area contributed by atoms with E-state index in [0.29, 0.717) is 0 Å². The molecule has 0 heterocycles. The van der Waals surface area contributed by atoms with Gasteiger partial charge in [-0.2, -0.15) is 0 Å². The Kier molecular flexibility index (Phi) is 4.16. The van der Waals surface area contributed by atoms with E-state index in [1.165, 1.54) is 4.90 Å². The summed E-state index contributed by atoms with van der Waals surface area (Å²) in [5, 5.41) is 17.5. The summed E-state index contributed by atoms with van der Waals surface area (Å²) in [7, 11) is 0. The lowest BCUT2D eigenvalue weighted by atomic mass is 10.1. The summed E-state index contributed by atoms with van der Waals surface area (Å²) in [6, 6.07) is -0.518. The van der Waals surface area contributed by atoms with Crippen molar-refractivity contribution >= 4 is 6.09 Å². The molecule has 0 bridgehead atoms. The molecule has 5 nitrogen and oxygen atoms in total. The van der Waals surface area contributed by atoms with E-state index in [9.17, 15) is 4.79 Å². The van der Waals surface area contributed by atoms with Crippen molar-refractivity contribution in [3.05, 3.63) is 0 Å². The smallest absolute Gasteiger partial charge is 0.407 e. The number of nitrogens with two attached hydrogens (primary N) is 1. The molecule has 1 atom stereocenters. The fourth-order valence-electron chi connectivity index (χ4n) is 0.931. The van der Waals surface area contributed by atoms with E-state index in [0.717, 1.165) is 0 Å². The summed E-state index contributed by atoms with van der Waals surface area (Å²) >= 11 is 0. The minimum absolute atomic E-state index is 0.148. The fourth-order valence-corrected chi connectivity index (χ4v) is 0.931. The van der Waals surface area contributed by atoms with Gasteiger partial charge in [0.25, 0.3) is 0 Å². The maximum Gasteiger partial charge on any atom is 0.407 e. The van der Waals surface area contributed by atoms with Crippen molar-refractivity contribution in [2.24, 2.45) is 5.73 Å². The van der Waals surface area contributed by atoms with Crippen molar-refractivity contribution in [2.75, 3.05) is 13.2 Å². The molecule has 13 heavy (non-hydrogen) atoms. The van der Waals surface area contributed by atoms with Gasteiger partial charge in [-0.1, -0.05) is 0 Å². The van der Waals surface area contributed by atoms with Crippen LogP contribution in [0.4, 0.5) is 4.79 Å². The van der Waals surface area contributed by atoms with Crippen molar-refractivity contribution < 1.29 is 15.0 Å². The average Bonchev–Trinajstić information content (AvgIpc) is 1.96. The second-order valence-corrected chi connectivity index (χ2v) is 4.01. The van der Waals surface area contributed by atoms with Gasteiger partial charge in [0.05, 0.1) is 6.61 Å². The summed E-state index contributed by atoms with van der Waals surface area (Å²) < 4.78 is 0. The van der Waals surface area contributed by atoms with Gasteiger partial charge in [-0.05, 0) is 20.8 Å². The van der Waals surface area contributed by atoms with E-state index in [4.69, 9.17) is 15.9 Å². The molecule has 0 saturated heterocycles. The molecule has 0 aromatic heterocycles. The van der Waals surface area contributed by atoms with Gasteiger partial charge in [0.1, 0.15) is 0 Å². The van der Waals surface area contributed by atoms with Crippen molar-refractivity contribution in [2.45, 2.75) is 32.4 Å². The second-order valence-electron chi connectivity index (χ2n) is 4.01. The fraction of sp³-hybridized carbons (Fsp3) is 0.875. The molecule has 0 fully saturated rings. The molecule has 0 saturated carbocycles. The maximum atomic E-state index is 10.8. The number of hydrogen-bond acceptors (Lipinski definition) is 3. The Bertz CT molecular complexity index is 177. The second kappa shape index (κ2) is 4.43. The SMILES string of the molecule is CC(C)(C)N(C[C@@H](N)CO)C(=O)O. The van der Waals surface area contributed by atoms with Crippen molar-refractivity contribution in [3.8, 4) is 0 Å². The van der Waals surface area contributed by atoms with Gasteiger partial charge < -0.3 is 20.8 Å². The van der Waals surface area contributed by atoms with Crippen LogP contribution in [0.3, 0.4) is 0 Å². The van der Waals surface area contributed by atoms with Crippen LogP contribution in [0.15, 0.2) is 0 Å². The van der Waals surface area contributed by atoms with Gasteiger partial charge in [-0.3, -0.25) is 0 Å². The van der Waals surface area contributed by atoms with E-state index in [-0.39, 0.29) is 13.2 Å². The lowest BCUT2D eigenvalue weighted by Crippen LogP contribution is -2.51. The topological polar surface area (TPSA) is 86.8 Å². The van der Waals surface area contributed by atoms with E-state index >= 15 is 0 Å². The van der Waals surface area contributed by atoms with Crippen LogP contribution in [-0.4, -0.2) is 45.9 Å². The Morgan fingerprint density at radius 2 is 2.00 bits per heavy atom. The number of aliphatic hydroxyl groups is 1. The van der Waals surface area contributed by atoms with E-state index < -0.39 is 17.7 Å². The van der Waals surface area contributed by atoms with Crippen LogP contribution in [0.1, 0.15) is 20.8 Å². The van der Waals surface area contributed by atoms with Crippen LogP contribution < -0.4 is 5.73 Å². The maximum absolute atomic E-state index is 10.8. The first kappa shape index (κ1) is 12.2. The molecule has 0 spiro atoms. The normalized spacial score (nSPS) is 13.9. The molecule has 0 unspecified atom stereocenters.